The zero-order valence-electron chi connectivity index (χ0n) is 12.7. The largest absolute Gasteiger partial charge is 0.466 e. The first-order chi connectivity index (χ1) is 10.4. The maximum absolute atomic E-state index is 12.4. The van der Waals surface area contributed by atoms with Crippen LogP contribution in [0.25, 0.3) is 0 Å². The predicted octanol–water partition coefficient (Wildman–Crippen LogP) is -0.884. The van der Waals surface area contributed by atoms with E-state index in [0.717, 1.165) is 12.2 Å². The fourth-order valence-corrected chi connectivity index (χ4v) is 1.81. The minimum atomic E-state index is -1.23. The summed E-state index contributed by atoms with van der Waals surface area (Å²) in [4.78, 5) is 36.3. The third kappa shape index (κ3) is 5.12. The van der Waals surface area contributed by atoms with E-state index in [9.17, 15) is 19.5 Å². The van der Waals surface area contributed by atoms with Gasteiger partial charge in [-0.3, -0.25) is 4.79 Å². The Balaban J connectivity index is 2.58. The van der Waals surface area contributed by atoms with Gasteiger partial charge in [0.05, 0.1) is 26.9 Å². The lowest BCUT2D eigenvalue weighted by Gasteiger charge is -2.34. The minimum absolute atomic E-state index is 0.288. The molecule has 1 aliphatic rings. The SMILES string of the molecule is COC(=O)/C=C/C(=O)OCC(C)(CO)C(=O)N1CCOCC1. The lowest BCUT2D eigenvalue weighted by Crippen LogP contribution is -2.51. The molecule has 1 unspecified atom stereocenters. The van der Waals surface area contributed by atoms with E-state index in [1.54, 1.807) is 4.90 Å². The van der Waals surface area contributed by atoms with Crippen LogP contribution in [0.5, 0.6) is 0 Å². The highest BCUT2D eigenvalue weighted by Gasteiger charge is 2.38. The molecule has 1 amide bonds. The molecule has 1 rings (SSSR count). The number of morpholine rings is 1. The molecule has 1 N–H and O–H groups in total. The Kier molecular flexibility index (Phi) is 7.00. The van der Waals surface area contributed by atoms with E-state index in [1.807, 2.05) is 0 Å². The first-order valence-electron chi connectivity index (χ1n) is 6.83. The molecule has 0 aliphatic carbocycles. The summed E-state index contributed by atoms with van der Waals surface area (Å²) in [5.74, 6) is -1.78. The fourth-order valence-electron chi connectivity index (χ4n) is 1.81. The van der Waals surface area contributed by atoms with E-state index in [1.165, 1.54) is 14.0 Å². The minimum Gasteiger partial charge on any atom is -0.466 e. The van der Waals surface area contributed by atoms with Crippen LogP contribution in [-0.4, -0.2) is 74.5 Å². The second-order valence-corrected chi connectivity index (χ2v) is 5.09. The number of aliphatic hydroxyl groups excluding tert-OH is 1. The van der Waals surface area contributed by atoms with Crippen LogP contribution in [0.1, 0.15) is 6.92 Å². The molecular weight excluding hydrogens is 294 g/mol. The second kappa shape index (κ2) is 8.50. The lowest BCUT2D eigenvalue weighted by molar-refractivity contribution is -0.156. The van der Waals surface area contributed by atoms with Gasteiger partial charge in [0.1, 0.15) is 12.0 Å². The van der Waals surface area contributed by atoms with Crippen LogP contribution in [0.4, 0.5) is 0 Å². The number of esters is 2. The number of rotatable bonds is 6. The third-order valence-electron chi connectivity index (χ3n) is 3.25. The third-order valence-corrected chi connectivity index (χ3v) is 3.25. The van der Waals surface area contributed by atoms with E-state index < -0.39 is 24.0 Å². The molecule has 1 atom stereocenters. The number of nitrogens with zero attached hydrogens (tertiary/aromatic N) is 1. The van der Waals surface area contributed by atoms with Crippen LogP contribution in [0.3, 0.4) is 0 Å². The van der Waals surface area contributed by atoms with Gasteiger partial charge in [-0.05, 0) is 6.92 Å². The molecule has 0 bridgehead atoms. The van der Waals surface area contributed by atoms with Gasteiger partial charge in [-0.15, -0.1) is 0 Å². The molecule has 0 saturated carbocycles. The van der Waals surface area contributed by atoms with Gasteiger partial charge in [0, 0.05) is 25.2 Å². The normalized spacial score (nSPS) is 17.9. The number of carbonyl (C=O) groups excluding carboxylic acids is 3. The number of amides is 1. The maximum Gasteiger partial charge on any atom is 0.331 e. The summed E-state index contributed by atoms with van der Waals surface area (Å²) in [6.45, 7) is 2.52. The number of hydrogen-bond acceptors (Lipinski definition) is 7. The van der Waals surface area contributed by atoms with Crippen molar-refractivity contribution in [1.29, 1.82) is 0 Å². The highest BCUT2D eigenvalue weighted by atomic mass is 16.5. The molecule has 1 heterocycles. The van der Waals surface area contributed by atoms with Gasteiger partial charge in [0.15, 0.2) is 0 Å². The summed E-state index contributed by atoms with van der Waals surface area (Å²) in [5.41, 5.74) is -1.23. The van der Waals surface area contributed by atoms with Crippen molar-refractivity contribution in [3.8, 4) is 0 Å². The van der Waals surface area contributed by atoms with Crippen molar-refractivity contribution in [2.45, 2.75) is 6.92 Å². The maximum atomic E-state index is 12.4. The van der Waals surface area contributed by atoms with Gasteiger partial charge < -0.3 is 24.2 Å². The lowest BCUT2D eigenvalue weighted by atomic mass is 9.90. The summed E-state index contributed by atoms with van der Waals surface area (Å²) in [6.07, 6.45) is 1.82. The highest BCUT2D eigenvalue weighted by Crippen LogP contribution is 2.21. The van der Waals surface area contributed by atoms with E-state index in [-0.39, 0.29) is 12.5 Å². The molecular formula is C14H21NO7. The number of ether oxygens (including phenoxy) is 3. The first-order valence-corrected chi connectivity index (χ1v) is 6.83. The topological polar surface area (TPSA) is 102 Å². The average molecular weight is 315 g/mol. The van der Waals surface area contributed by atoms with Crippen LogP contribution >= 0.6 is 0 Å². The zero-order valence-corrected chi connectivity index (χ0v) is 12.7. The van der Waals surface area contributed by atoms with Crippen molar-refractivity contribution in [1.82, 2.24) is 4.90 Å². The molecule has 8 nitrogen and oxygen atoms in total. The molecule has 124 valence electrons. The average Bonchev–Trinajstić information content (AvgIpc) is 2.57. The Labute approximate surface area is 128 Å². The van der Waals surface area contributed by atoms with Gasteiger partial charge in [-0.1, -0.05) is 0 Å². The second-order valence-electron chi connectivity index (χ2n) is 5.09. The number of aliphatic hydroxyl groups is 1. The van der Waals surface area contributed by atoms with Crippen LogP contribution in [0, 0.1) is 5.41 Å². The van der Waals surface area contributed by atoms with E-state index >= 15 is 0 Å². The first kappa shape index (κ1) is 18.1. The molecule has 22 heavy (non-hydrogen) atoms. The Morgan fingerprint density at radius 2 is 1.82 bits per heavy atom. The Hall–Kier alpha value is -1.93. The van der Waals surface area contributed by atoms with Crippen molar-refractivity contribution < 1.29 is 33.7 Å². The van der Waals surface area contributed by atoms with E-state index in [4.69, 9.17) is 9.47 Å². The molecule has 0 aromatic heterocycles. The summed E-state index contributed by atoms with van der Waals surface area (Å²) in [6, 6.07) is 0. The Morgan fingerprint density at radius 3 is 2.36 bits per heavy atom. The molecule has 0 aromatic carbocycles. The predicted molar refractivity (Wildman–Crippen MR) is 74.7 cm³/mol. The van der Waals surface area contributed by atoms with Gasteiger partial charge in [-0.25, -0.2) is 9.59 Å². The van der Waals surface area contributed by atoms with Crippen LogP contribution < -0.4 is 0 Å². The van der Waals surface area contributed by atoms with Crippen LogP contribution in [0.15, 0.2) is 12.2 Å². The number of carbonyl (C=O) groups is 3. The highest BCUT2D eigenvalue weighted by molar-refractivity contribution is 5.91. The Bertz CT molecular complexity index is 442. The van der Waals surface area contributed by atoms with Crippen molar-refractivity contribution in [2.75, 3.05) is 46.6 Å². The Morgan fingerprint density at radius 1 is 1.23 bits per heavy atom. The quantitative estimate of drug-likeness (QED) is 0.501. The van der Waals surface area contributed by atoms with Gasteiger partial charge in [-0.2, -0.15) is 0 Å². The standard InChI is InChI=1S/C14H21NO7/c1-14(9-16,13(19)15-5-7-21-8-6-15)10-22-12(18)4-3-11(17)20-2/h3-4,16H,5-10H2,1-2H3/b4-3+. The fraction of sp³-hybridized carbons (Fsp3) is 0.643. The van der Waals surface area contributed by atoms with E-state index in [2.05, 4.69) is 4.74 Å². The van der Waals surface area contributed by atoms with Gasteiger partial charge in [0.2, 0.25) is 5.91 Å². The molecule has 1 aliphatic heterocycles. The van der Waals surface area contributed by atoms with Crippen molar-refractivity contribution in [2.24, 2.45) is 5.41 Å². The molecule has 0 spiro atoms. The number of methoxy groups -OCH3 is 1. The number of hydrogen-bond donors (Lipinski definition) is 1. The summed E-state index contributed by atoms with van der Waals surface area (Å²) in [5, 5.41) is 9.49. The van der Waals surface area contributed by atoms with Crippen LogP contribution in [0.2, 0.25) is 0 Å². The summed E-state index contributed by atoms with van der Waals surface area (Å²) < 4.78 is 14.4. The monoisotopic (exact) mass is 315 g/mol. The molecule has 0 aromatic rings. The van der Waals surface area contributed by atoms with E-state index in [0.29, 0.717) is 26.3 Å². The summed E-state index contributed by atoms with van der Waals surface area (Å²) >= 11 is 0. The molecule has 8 heteroatoms. The molecule has 0 radical (unpaired) electrons. The van der Waals surface area contributed by atoms with Crippen molar-refractivity contribution >= 4 is 17.8 Å². The molecule has 1 fully saturated rings. The van der Waals surface area contributed by atoms with Crippen LogP contribution in [-0.2, 0) is 28.6 Å². The van der Waals surface area contributed by atoms with Crippen molar-refractivity contribution in [3.05, 3.63) is 12.2 Å². The van der Waals surface area contributed by atoms with Gasteiger partial charge in [0.25, 0.3) is 0 Å². The smallest absolute Gasteiger partial charge is 0.331 e. The van der Waals surface area contributed by atoms with Gasteiger partial charge >= 0.3 is 11.9 Å². The molecule has 1 saturated heterocycles. The summed E-state index contributed by atoms with van der Waals surface area (Å²) in [7, 11) is 1.18. The zero-order chi connectivity index (χ0) is 16.6. The van der Waals surface area contributed by atoms with Crippen molar-refractivity contribution in [3.63, 3.8) is 0 Å².